The minimum Gasteiger partial charge on any atom is -0.271 e. The molecule has 3 amide bonds. The summed E-state index contributed by atoms with van der Waals surface area (Å²) < 4.78 is 0. The summed E-state index contributed by atoms with van der Waals surface area (Å²) in [4.78, 5) is 41.8. The summed E-state index contributed by atoms with van der Waals surface area (Å²) in [7, 11) is 0. The van der Waals surface area contributed by atoms with Crippen LogP contribution in [0.5, 0.6) is 0 Å². The number of anilines is 1. The van der Waals surface area contributed by atoms with Crippen molar-refractivity contribution in [3.05, 3.63) is 107 Å². The quantitative estimate of drug-likeness (QED) is 0.407. The molecule has 2 fully saturated rings. The third-order valence-electron chi connectivity index (χ3n) is 8.49. The largest absolute Gasteiger partial charge is 0.271 e. The van der Waals surface area contributed by atoms with Gasteiger partial charge in [-0.2, -0.15) is 10.2 Å². The summed E-state index contributed by atoms with van der Waals surface area (Å²) in [6.07, 6.45) is 4.98. The second-order valence-corrected chi connectivity index (χ2v) is 11.2. The van der Waals surface area contributed by atoms with Crippen molar-refractivity contribution in [1.82, 2.24) is 10.0 Å². The summed E-state index contributed by atoms with van der Waals surface area (Å²) in [5.41, 5.74) is 5.69. The fourth-order valence-electron chi connectivity index (χ4n) is 6.45. The zero-order valence-corrected chi connectivity index (χ0v) is 23.2. The summed E-state index contributed by atoms with van der Waals surface area (Å²) in [6.45, 7) is 1.73. The van der Waals surface area contributed by atoms with Gasteiger partial charge < -0.3 is 0 Å². The summed E-state index contributed by atoms with van der Waals surface area (Å²) in [6, 6.07) is 25.1. The Bertz CT molecular complexity index is 1630. The Kier molecular flexibility index (Phi) is 6.49. The second kappa shape index (κ2) is 10.5. The van der Waals surface area contributed by atoms with Gasteiger partial charge in [0.05, 0.1) is 17.4 Å². The number of aryl methyl sites for hydroxylation is 1. The van der Waals surface area contributed by atoms with Crippen LogP contribution >= 0.6 is 0 Å². The van der Waals surface area contributed by atoms with Gasteiger partial charge in [-0.05, 0) is 61.1 Å². The molecule has 1 aliphatic carbocycles. The van der Waals surface area contributed by atoms with Crippen LogP contribution in [0.25, 0.3) is 6.08 Å². The lowest BCUT2D eigenvalue weighted by molar-refractivity contribution is -0.136. The maximum atomic E-state index is 14.0. The maximum Gasteiger partial charge on any atom is 0.264 e. The summed E-state index contributed by atoms with van der Waals surface area (Å²) >= 11 is 0. The van der Waals surface area contributed by atoms with Crippen molar-refractivity contribution < 1.29 is 14.4 Å². The van der Waals surface area contributed by atoms with E-state index >= 15 is 0 Å². The average Bonchev–Trinajstić information content (AvgIpc) is 3.68. The number of rotatable bonds is 5. The lowest BCUT2D eigenvalue weighted by Gasteiger charge is -2.30. The van der Waals surface area contributed by atoms with Gasteiger partial charge in [0.25, 0.3) is 17.7 Å². The molecule has 9 heteroatoms. The van der Waals surface area contributed by atoms with E-state index in [9.17, 15) is 14.4 Å². The molecule has 1 saturated carbocycles. The molecule has 4 atom stereocenters. The molecule has 0 aromatic heterocycles. The highest BCUT2D eigenvalue weighted by molar-refractivity contribution is 6.25. The first-order valence-electron chi connectivity index (χ1n) is 14.3. The number of hydrogen-bond donors (Lipinski definition) is 0. The molecule has 7 rings (SSSR count). The monoisotopic (exact) mass is 558 g/mol. The molecule has 0 radical (unpaired) electrons. The van der Waals surface area contributed by atoms with E-state index in [1.165, 1.54) is 5.01 Å². The number of imide groups is 1. The first-order valence-corrected chi connectivity index (χ1v) is 14.3. The van der Waals surface area contributed by atoms with Crippen molar-refractivity contribution in [1.29, 1.82) is 0 Å². The van der Waals surface area contributed by atoms with Crippen LogP contribution in [0.4, 0.5) is 5.69 Å². The van der Waals surface area contributed by atoms with Gasteiger partial charge in [0.1, 0.15) is 6.54 Å². The molecule has 3 aromatic carbocycles. The van der Waals surface area contributed by atoms with Crippen LogP contribution < -0.4 is 4.90 Å². The molecule has 0 spiro atoms. The summed E-state index contributed by atoms with van der Waals surface area (Å²) in [5.74, 6) is -1.10. The first kappa shape index (κ1) is 26.0. The second-order valence-electron chi connectivity index (χ2n) is 11.2. The Morgan fingerprint density at radius 2 is 1.62 bits per heavy atom. The first-order chi connectivity index (χ1) is 20.5. The highest BCUT2D eigenvalue weighted by Crippen LogP contribution is 2.44. The van der Waals surface area contributed by atoms with Crippen LogP contribution in [-0.4, -0.2) is 52.1 Å². The molecule has 42 heavy (non-hydrogen) atoms. The van der Waals surface area contributed by atoms with Crippen LogP contribution in [0.1, 0.15) is 42.0 Å². The number of hydrazone groups is 1. The van der Waals surface area contributed by atoms with Crippen LogP contribution in [0.3, 0.4) is 0 Å². The number of amides is 3. The lowest BCUT2D eigenvalue weighted by atomic mass is 9.77. The molecule has 3 heterocycles. The van der Waals surface area contributed by atoms with Crippen molar-refractivity contribution in [2.24, 2.45) is 21.4 Å². The van der Waals surface area contributed by atoms with Crippen LogP contribution in [0.2, 0.25) is 0 Å². The zero-order valence-electron chi connectivity index (χ0n) is 23.2. The third kappa shape index (κ3) is 4.41. The van der Waals surface area contributed by atoms with Gasteiger partial charge in [0, 0.05) is 5.92 Å². The molecule has 3 aliphatic heterocycles. The van der Waals surface area contributed by atoms with Crippen molar-refractivity contribution in [2.75, 3.05) is 11.4 Å². The predicted octanol–water partition coefficient (Wildman–Crippen LogP) is 5.11. The number of hydrogen-bond acceptors (Lipinski definition) is 7. The predicted molar refractivity (Wildman–Crippen MR) is 158 cm³/mol. The number of benzene rings is 3. The lowest BCUT2D eigenvalue weighted by Crippen LogP contribution is -2.45. The number of fused-ring (bicyclic) bond motifs is 2. The van der Waals surface area contributed by atoms with E-state index in [4.69, 9.17) is 5.10 Å². The molecule has 0 N–H and O–H groups in total. The van der Waals surface area contributed by atoms with Gasteiger partial charge in [-0.1, -0.05) is 83.6 Å². The van der Waals surface area contributed by atoms with Crippen molar-refractivity contribution in [3.8, 4) is 0 Å². The molecule has 0 unspecified atom stereocenters. The number of carbonyl (C=O) groups is 3. The Labute approximate surface area is 243 Å². The molecule has 9 nitrogen and oxygen atoms in total. The van der Waals surface area contributed by atoms with Crippen LogP contribution in [0.15, 0.2) is 106 Å². The molecule has 210 valence electrons. The zero-order chi connectivity index (χ0) is 28.8. The molecule has 0 bridgehead atoms. The van der Waals surface area contributed by atoms with Crippen molar-refractivity contribution in [3.63, 3.8) is 0 Å². The number of allylic oxidation sites excluding steroid dienone is 1. The van der Waals surface area contributed by atoms with Crippen molar-refractivity contribution >= 4 is 35.2 Å². The van der Waals surface area contributed by atoms with Gasteiger partial charge >= 0.3 is 0 Å². The fraction of sp³-hybridized carbons (Fsp3) is 0.273. The molecule has 4 aliphatic rings. The van der Waals surface area contributed by atoms with E-state index < -0.39 is 23.9 Å². The van der Waals surface area contributed by atoms with E-state index in [0.717, 1.165) is 52.1 Å². The highest BCUT2D eigenvalue weighted by Gasteiger charge is 2.55. The Hall–Kier alpha value is -4.92. The minimum atomic E-state index is -0.968. The smallest absolute Gasteiger partial charge is 0.264 e. The van der Waals surface area contributed by atoms with Gasteiger partial charge in [-0.3, -0.25) is 19.4 Å². The van der Waals surface area contributed by atoms with E-state index in [-0.39, 0.29) is 24.4 Å². The van der Waals surface area contributed by atoms with E-state index in [0.29, 0.717) is 5.69 Å². The van der Waals surface area contributed by atoms with E-state index in [1.807, 2.05) is 67.6 Å². The summed E-state index contributed by atoms with van der Waals surface area (Å²) in [5, 5.41) is 16.1. The van der Waals surface area contributed by atoms with E-state index in [2.05, 4.69) is 28.5 Å². The van der Waals surface area contributed by atoms with E-state index in [1.54, 1.807) is 17.1 Å². The average molecular weight is 559 g/mol. The van der Waals surface area contributed by atoms with Gasteiger partial charge in [0.2, 0.25) is 0 Å². The fourth-order valence-corrected chi connectivity index (χ4v) is 6.45. The van der Waals surface area contributed by atoms with Gasteiger partial charge in [-0.15, -0.1) is 0 Å². The Balaban J connectivity index is 1.18. The maximum absolute atomic E-state index is 14.0. The molecule has 1 saturated heterocycles. The van der Waals surface area contributed by atoms with Gasteiger partial charge in [0.15, 0.2) is 12.1 Å². The topological polar surface area (TPSA) is 98.0 Å². The standard InChI is InChI=1S/C33H30N6O3/c1-21-15-17-25(18-16-21)38-32(41)29-31(33(38)42)37(36-34-29)20-27(40)39-30(23-11-6-3-7-12-23)26-14-8-13-24(28(26)35-39)19-22-9-4-2-5-10-22/h2-7,9-12,15-19,26,29-31H,8,13-14,20H2,1H3/b24-19+/t26-,29+,30+,31+/m0/s1. The van der Waals surface area contributed by atoms with Crippen molar-refractivity contribution in [2.45, 2.75) is 44.3 Å². The Morgan fingerprint density at radius 3 is 2.36 bits per heavy atom. The number of nitrogens with zero attached hydrogens (tertiary/aromatic N) is 6. The Morgan fingerprint density at radius 1 is 0.905 bits per heavy atom. The normalized spacial score (nSPS) is 25.7. The molecule has 3 aromatic rings. The minimum absolute atomic E-state index is 0.0553. The molecular formula is C33H30N6O3. The SMILES string of the molecule is Cc1ccc(N2C(=O)[C@@H]3N=NN(CC(=O)N4N=C5/C(=C/c6ccccc6)CCC[C@@H]5[C@H]4c4ccccc4)[C@H]3C2=O)cc1. The highest BCUT2D eigenvalue weighted by atomic mass is 16.2. The van der Waals surface area contributed by atoms with Gasteiger partial charge in [-0.25, -0.2) is 9.91 Å². The third-order valence-corrected chi connectivity index (χ3v) is 8.49. The van der Waals surface area contributed by atoms with Crippen LogP contribution in [-0.2, 0) is 14.4 Å². The molecular weight excluding hydrogens is 528 g/mol. The van der Waals surface area contributed by atoms with Crippen LogP contribution in [0, 0.1) is 12.8 Å². The number of carbonyl (C=O) groups excluding carboxylic acids is 3.